The van der Waals surface area contributed by atoms with E-state index in [9.17, 15) is 13.6 Å². The molecule has 3 nitrogen and oxygen atoms in total. The Morgan fingerprint density at radius 2 is 2.05 bits per heavy atom. The lowest BCUT2D eigenvalue weighted by Gasteiger charge is -2.09. The number of nitrogens with zero attached hydrogens (tertiary/aromatic N) is 1. The molecule has 0 saturated heterocycles. The van der Waals surface area contributed by atoms with Gasteiger partial charge in [-0.25, -0.2) is 8.78 Å². The molecule has 0 radical (unpaired) electrons. The van der Waals surface area contributed by atoms with Crippen molar-refractivity contribution in [1.29, 1.82) is 0 Å². The summed E-state index contributed by atoms with van der Waals surface area (Å²) in [6.07, 6.45) is 2.64. The number of anilines is 1. The Morgan fingerprint density at radius 1 is 1.32 bits per heavy atom. The van der Waals surface area contributed by atoms with Gasteiger partial charge in [-0.15, -0.1) is 0 Å². The number of carbonyl (C=O) groups excluding carboxylic acids is 1. The van der Waals surface area contributed by atoms with Crippen LogP contribution >= 0.6 is 11.6 Å². The molecule has 0 bridgehead atoms. The number of nitrogens with one attached hydrogen (secondary N) is 1. The summed E-state index contributed by atoms with van der Waals surface area (Å²) >= 11 is 5.79. The molecule has 0 aliphatic carbocycles. The first-order chi connectivity index (χ1) is 9.00. The zero-order chi connectivity index (χ0) is 14.0. The van der Waals surface area contributed by atoms with E-state index in [0.717, 1.165) is 6.07 Å². The van der Waals surface area contributed by atoms with E-state index in [0.29, 0.717) is 0 Å². The number of aromatic nitrogens is 1. The first-order valence-electron chi connectivity index (χ1n) is 5.36. The summed E-state index contributed by atoms with van der Waals surface area (Å²) in [6.45, 7) is 1.48. The summed E-state index contributed by atoms with van der Waals surface area (Å²) in [7, 11) is 0. The van der Waals surface area contributed by atoms with E-state index in [-0.39, 0.29) is 16.1 Å². The lowest BCUT2D eigenvalue weighted by molar-refractivity contribution is 0.102. The molecular formula is C13H9ClF2N2O. The van der Waals surface area contributed by atoms with Crippen LogP contribution in [0.15, 0.2) is 30.6 Å². The average molecular weight is 283 g/mol. The Morgan fingerprint density at radius 3 is 2.74 bits per heavy atom. The second-order valence-corrected chi connectivity index (χ2v) is 4.27. The molecule has 0 atom stereocenters. The van der Waals surface area contributed by atoms with Gasteiger partial charge in [-0.2, -0.15) is 0 Å². The summed E-state index contributed by atoms with van der Waals surface area (Å²) < 4.78 is 27.2. The van der Waals surface area contributed by atoms with Crippen LogP contribution in [0.3, 0.4) is 0 Å². The molecular weight excluding hydrogens is 274 g/mol. The zero-order valence-electron chi connectivity index (χ0n) is 9.88. The molecule has 0 unspecified atom stereocenters. The molecule has 1 N–H and O–H groups in total. The third-order valence-electron chi connectivity index (χ3n) is 2.54. The number of amides is 1. The first-order valence-corrected chi connectivity index (χ1v) is 5.74. The quantitative estimate of drug-likeness (QED) is 0.915. The van der Waals surface area contributed by atoms with E-state index < -0.39 is 23.2 Å². The molecule has 0 fully saturated rings. The number of carbonyl (C=O) groups is 1. The van der Waals surface area contributed by atoms with Gasteiger partial charge in [0.05, 0.1) is 10.6 Å². The Hall–Kier alpha value is -2.01. The van der Waals surface area contributed by atoms with Gasteiger partial charge in [0, 0.05) is 12.4 Å². The van der Waals surface area contributed by atoms with Gasteiger partial charge in [-0.3, -0.25) is 9.78 Å². The maximum atomic E-state index is 13.7. The fourth-order valence-electron chi connectivity index (χ4n) is 1.51. The van der Waals surface area contributed by atoms with Crippen molar-refractivity contribution < 1.29 is 13.6 Å². The van der Waals surface area contributed by atoms with Crippen molar-refractivity contribution in [3.63, 3.8) is 0 Å². The fraction of sp³-hybridized carbons (Fsp3) is 0.0769. The lowest BCUT2D eigenvalue weighted by Crippen LogP contribution is -2.15. The highest BCUT2D eigenvalue weighted by Gasteiger charge is 2.16. The van der Waals surface area contributed by atoms with E-state index in [1.165, 1.54) is 31.5 Å². The number of aryl methyl sites for hydroxylation is 1. The van der Waals surface area contributed by atoms with Gasteiger partial charge in [-0.05, 0) is 24.6 Å². The van der Waals surface area contributed by atoms with Crippen molar-refractivity contribution in [3.05, 3.63) is 58.4 Å². The van der Waals surface area contributed by atoms with Crippen molar-refractivity contribution >= 4 is 23.2 Å². The monoisotopic (exact) mass is 282 g/mol. The molecule has 0 aliphatic rings. The third kappa shape index (κ3) is 2.71. The summed E-state index contributed by atoms with van der Waals surface area (Å²) in [5.74, 6) is -2.35. The van der Waals surface area contributed by atoms with Crippen molar-refractivity contribution in [2.45, 2.75) is 6.92 Å². The highest BCUT2D eigenvalue weighted by Crippen LogP contribution is 2.23. The molecule has 0 spiro atoms. The Kier molecular flexibility index (Phi) is 3.76. The molecule has 19 heavy (non-hydrogen) atoms. The fourth-order valence-corrected chi connectivity index (χ4v) is 1.72. The van der Waals surface area contributed by atoms with Crippen LogP contribution in [0.25, 0.3) is 0 Å². The molecule has 1 heterocycles. The number of pyridine rings is 1. The number of halogens is 3. The lowest BCUT2D eigenvalue weighted by atomic mass is 10.2. The smallest absolute Gasteiger partial charge is 0.257 e. The summed E-state index contributed by atoms with van der Waals surface area (Å²) in [4.78, 5) is 15.6. The highest BCUT2D eigenvalue weighted by molar-refractivity contribution is 6.34. The molecule has 0 aliphatic heterocycles. The molecule has 1 aromatic heterocycles. The Balaban J connectivity index is 2.35. The number of hydrogen-bond donors (Lipinski definition) is 1. The van der Waals surface area contributed by atoms with E-state index in [1.807, 2.05) is 0 Å². The number of benzene rings is 1. The van der Waals surface area contributed by atoms with Crippen LogP contribution in [0, 0.1) is 18.6 Å². The molecule has 98 valence electrons. The van der Waals surface area contributed by atoms with Crippen molar-refractivity contribution in [3.8, 4) is 0 Å². The minimum Gasteiger partial charge on any atom is -0.317 e. The minimum absolute atomic E-state index is 0.0944. The number of hydrogen-bond acceptors (Lipinski definition) is 2. The summed E-state index contributed by atoms with van der Waals surface area (Å²) in [5, 5.41) is 2.28. The van der Waals surface area contributed by atoms with Gasteiger partial charge in [0.25, 0.3) is 5.91 Å². The maximum absolute atomic E-state index is 13.7. The van der Waals surface area contributed by atoms with E-state index >= 15 is 0 Å². The first kappa shape index (κ1) is 13.4. The van der Waals surface area contributed by atoms with E-state index in [4.69, 9.17) is 11.6 Å². The van der Waals surface area contributed by atoms with Crippen LogP contribution in [0.4, 0.5) is 14.5 Å². The minimum atomic E-state index is -0.846. The van der Waals surface area contributed by atoms with Crippen LogP contribution < -0.4 is 5.32 Å². The van der Waals surface area contributed by atoms with Crippen LogP contribution in [0.1, 0.15) is 15.9 Å². The Bertz CT molecular complexity index is 647. The van der Waals surface area contributed by atoms with Gasteiger partial charge >= 0.3 is 0 Å². The highest BCUT2D eigenvalue weighted by atomic mass is 35.5. The predicted molar refractivity (Wildman–Crippen MR) is 68.3 cm³/mol. The average Bonchev–Trinajstić information content (AvgIpc) is 2.39. The van der Waals surface area contributed by atoms with E-state index in [2.05, 4.69) is 10.3 Å². The van der Waals surface area contributed by atoms with Gasteiger partial charge in [0.1, 0.15) is 11.5 Å². The van der Waals surface area contributed by atoms with Crippen molar-refractivity contribution in [2.75, 3.05) is 5.32 Å². The third-order valence-corrected chi connectivity index (χ3v) is 2.84. The second-order valence-electron chi connectivity index (χ2n) is 3.86. The molecule has 2 rings (SSSR count). The molecule has 6 heteroatoms. The number of rotatable bonds is 2. The maximum Gasteiger partial charge on any atom is 0.257 e. The normalized spacial score (nSPS) is 10.3. The van der Waals surface area contributed by atoms with Gasteiger partial charge in [0.2, 0.25) is 0 Å². The van der Waals surface area contributed by atoms with Crippen molar-refractivity contribution in [1.82, 2.24) is 4.98 Å². The SMILES string of the molecule is Cc1ccc(F)c(NC(=O)c2ccncc2Cl)c1F. The standard InChI is InChI=1S/C13H9ClF2N2O/c1-7-2-3-10(15)12(11(7)16)18-13(19)8-4-5-17-6-9(8)14/h2-6H,1H3,(H,18,19). The predicted octanol–water partition coefficient (Wildman–Crippen LogP) is 3.57. The zero-order valence-corrected chi connectivity index (χ0v) is 10.6. The largest absolute Gasteiger partial charge is 0.317 e. The van der Waals surface area contributed by atoms with Gasteiger partial charge in [-0.1, -0.05) is 17.7 Å². The van der Waals surface area contributed by atoms with Crippen LogP contribution in [0.5, 0.6) is 0 Å². The second kappa shape index (κ2) is 5.32. The summed E-state index contributed by atoms with van der Waals surface area (Å²) in [5.41, 5.74) is -0.160. The van der Waals surface area contributed by atoms with Gasteiger partial charge in [0.15, 0.2) is 5.82 Å². The van der Waals surface area contributed by atoms with Crippen molar-refractivity contribution in [2.24, 2.45) is 0 Å². The van der Waals surface area contributed by atoms with Gasteiger partial charge < -0.3 is 5.32 Å². The van der Waals surface area contributed by atoms with E-state index in [1.54, 1.807) is 0 Å². The van der Waals surface area contributed by atoms with Crippen LogP contribution in [0.2, 0.25) is 5.02 Å². The Labute approximate surface area is 113 Å². The molecule has 1 aromatic carbocycles. The summed E-state index contributed by atoms with van der Waals surface area (Å²) in [6, 6.07) is 3.74. The molecule has 1 amide bonds. The molecule has 0 saturated carbocycles. The van der Waals surface area contributed by atoms with Crippen LogP contribution in [-0.4, -0.2) is 10.9 Å². The molecule has 2 aromatic rings. The topological polar surface area (TPSA) is 42.0 Å². The van der Waals surface area contributed by atoms with Crippen LogP contribution in [-0.2, 0) is 0 Å².